The van der Waals surface area contributed by atoms with Gasteiger partial charge in [-0.1, -0.05) is 24.6 Å². The Morgan fingerprint density at radius 3 is 2.66 bits per heavy atom. The largest absolute Gasteiger partial charge is 0.436 e. The quantitative estimate of drug-likeness (QED) is 0.275. The first-order chi connectivity index (χ1) is 16.9. The van der Waals surface area contributed by atoms with Crippen LogP contribution < -0.4 is 10.2 Å². The lowest BCUT2D eigenvalue weighted by atomic mass is 9.98. The number of amides is 1. The Balaban J connectivity index is 1.37. The van der Waals surface area contributed by atoms with Crippen molar-refractivity contribution >= 4 is 34.1 Å². The van der Waals surface area contributed by atoms with Crippen molar-refractivity contribution in [1.82, 2.24) is 4.98 Å². The summed E-state index contributed by atoms with van der Waals surface area (Å²) in [6.07, 6.45) is 1.99. The van der Waals surface area contributed by atoms with Crippen molar-refractivity contribution in [2.24, 2.45) is 5.92 Å². The number of oxazole rings is 1. The molecule has 8 nitrogen and oxygen atoms in total. The van der Waals surface area contributed by atoms with Gasteiger partial charge in [-0.15, -0.1) is 0 Å². The van der Waals surface area contributed by atoms with E-state index in [4.69, 9.17) is 4.42 Å². The summed E-state index contributed by atoms with van der Waals surface area (Å²) in [5.74, 6) is 0.699. The highest BCUT2D eigenvalue weighted by Crippen LogP contribution is 2.33. The third-order valence-corrected chi connectivity index (χ3v) is 6.47. The van der Waals surface area contributed by atoms with Crippen LogP contribution in [-0.4, -0.2) is 28.9 Å². The molecule has 8 heteroatoms. The number of aromatic nitrogens is 1. The smallest absolute Gasteiger partial charge is 0.293 e. The molecule has 1 amide bonds. The molecule has 1 aliphatic rings. The number of hydrogen-bond donors (Lipinski definition) is 1. The van der Waals surface area contributed by atoms with E-state index >= 15 is 0 Å². The van der Waals surface area contributed by atoms with Crippen molar-refractivity contribution in [1.29, 1.82) is 0 Å². The second-order valence-electron chi connectivity index (χ2n) is 9.16. The van der Waals surface area contributed by atoms with Gasteiger partial charge in [-0.05, 0) is 68.1 Å². The highest BCUT2D eigenvalue weighted by Gasteiger charge is 2.25. The van der Waals surface area contributed by atoms with Crippen LogP contribution >= 0.6 is 0 Å². The van der Waals surface area contributed by atoms with Gasteiger partial charge < -0.3 is 14.6 Å². The summed E-state index contributed by atoms with van der Waals surface area (Å²) >= 11 is 0. The minimum Gasteiger partial charge on any atom is -0.436 e. The van der Waals surface area contributed by atoms with Crippen LogP contribution in [0.3, 0.4) is 0 Å². The van der Waals surface area contributed by atoms with Gasteiger partial charge in [-0.2, -0.15) is 0 Å². The first-order valence-electron chi connectivity index (χ1n) is 11.7. The normalized spacial score (nSPS) is 14.3. The molecular formula is C27H26N4O4. The van der Waals surface area contributed by atoms with Crippen LogP contribution in [0.25, 0.3) is 22.6 Å². The van der Waals surface area contributed by atoms with Crippen molar-refractivity contribution in [2.75, 3.05) is 23.3 Å². The highest BCUT2D eigenvalue weighted by molar-refractivity contribution is 6.05. The van der Waals surface area contributed by atoms with Crippen molar-refractivity contribution in [3.63, 3.8) is 0 Å². The van der Waals surface area contributed by atoms with Crippen molar-refractivity contribution in [2.45, 2.75) is 26.7 Å². The Bertz CT molecular complexity index is 1420. The molecule has 5 rings (SSSR count). The van der Waals surface area contributed by atoms with Crippen molar-refractivity contribution < 1.29 is 14.1 Å². The molecule has 2 heterocycles. The number of piperidine rings is 1. The van der Waals surface area contributed by atoms with Crippen molar-refractivity contribution in [3.05, 3.63) is 81.9 Å². The van der Waals surface area contributed by atoms with Crippen LogP contribution in [0.5, 0.6) is 0 Å². The van der Waals surface area contributed by atoms with Gasteiger partial charge in [0, 0.05) is 36.0 Å². The predicted molar refractivity (Wildman–Crippen MR) is 136 cm³/mol. The van der Waals surface area contributed by atoms with E-state index in [1.807, 2.05) is 36.1 Å². The fraction of sp³-hybridized carbons (Fsp3) is 0.259. The second-order valence-corrected chi connectivity index (χ2v) is 9.16. The molecule has 0 atom stereocenters. The lowest BCUT2D eigenvalue weighted by Gasteiger charge is -2.31. The Morgan fingerprint density at radius 2 is 1.91 bits per heavy atom. The van der Waals surface area contributed by atoms with Gasteiger partial charge in [0.05, 0.1) is 4.92 Å². The van der Waals surface area contributed by atoms with Crippen LogP contribution in [0.2, 0.25) is 0 Å². The van der Waals surface area contributed by atoms with E-state index in [0.29, 0.717) is 34.3 Å². The third kappa shape index (κ3) is 4.73. The van der Waals surface area contributed by atoms with Gasteiger partial charge in [0.1, 0.15) is 11.2 Å². The molecule has 3 aromatic carbocycles. The fourth-order valence-electron chi connectivity index (χ4n) is 4.44. The maximum Gasteiger partial charge on any atom is 0.293 e. The van der Waals surface area contributed by atoms with E-state index in [-0.39, 0.29) is 11.3 Å². The predicted octanol–water partition coefficient (Wildman–Crippen LogP) is 6.20. The molecule has 0 radical (unpaired) electrons. The van der Waals surface area contributed by atoms with Gasteiger partial charge in [0.25, 0.3) is 11.6 Å². The zero-order valence-electron chi connectivity index (χ0n) is 19.7. The molecule has 1 fully saturated rings. The average Bonchev–Trinajstić information content (AvgIpc) is 3.28. The van der Waals surface area contributed by atoms with Crippen LogP contribution in [0.1, 0.15) is 35.7 Å². The maximum atomic E-state index is 12.9. The van der Waals surface area contributed by atoms with Gasteiger partial charge in [-0.25, -0.2) is 4.98 Å². The fourth-order valence-corrected chi connectivity index (χ4v) is 4.44. The molecule has 0 saturated carbocycles. The zero-order chi connectivity index (χ0) is 24.5. The summed E-state index contributed by atoms with van der Waals surface area (Å²) < 4.78 is 5.87. The number of hydrogen-bond acceptors (Lipinski definition) is 6. The Kier molecular flexibility index (Phi) is 5.94. The number of aryl methyl sites for hydroxylation is 1. The molecule has 1 aromatic heterocycles. The van der Waals surface area contributed by atoms with Crippen LogP contribution in [0, 0.1) is 23.0 Å². The number of nitro groups is 1. The first kappa shape index (κ1) is 22.6. The lowest BCUT2D eigenvalue weighted by Crippen LogP contribution is -2.33. The van der Waals surface area contributed by atoms with E-state index in [0.717, 1.165) is 37.1 Å². The first-order valence-corrected chi connectivity index (χ1v) is 11.7. The van der Waals surface area contributed by atoms with E-state index in [9.17, 15) is 14.9 Å². The summed E-state index contributed by atoms with van der Waals surface area (Å²) in [6, 6.07) is 17.8. The molecule has 35 heavy (non-hydrogen) atoms. The van der Waals surface area contributed by atoms with E-state index in [1.54, 1.807) is 30.3 Å². The minimum atomic E-state index is -0.423. The van der Waals surface area contributed by atoms with E-state index < -0.39 is 10.8 Å². The van der Waals surface area contributed by atoms with Crippen LogP contribution in [-0.2, 0) is 0 Å². The zero-order valence-corrected chi connectivity index (χ0v) is 19.7. The Hall–Kier alpha value is -4.20. The molecule has 0 bridgehead atoms. The number of benzene rings is 3. The minimum absolute atomic E-state index is 0.0537. The van der Waals surface area contributed by atoms with Crippen molar-refractivity contribution in [3.8, 4) is 11.5 Å². The Morgan fingerprint density at radius 1 is 1.11 bits per heavy atom. The molecule has 0 unspecified atom stereocenters. The third-order valence-electron chi connectivity index (χ3n) is 6.47. The molecule has 4 aromatic rings. The second kappa shape index (κ2) is 9.21. The molecule has 1 saturated heterocycles. The van der Waals surface area contributed by atoms with E-state index in [2.05, 4.69) is 17.2 Å². The van der Waals surface area contributed by atoms with Gasteiger partial charge in [0.15, 0.2) is 5.58 Å². The maximum absolute atomic E-state index is 12.9. The molecule has 0 aliphatic carbocycles. The number of nitrogens with zero attached hydrogens (tertiary/aromatic N) is 3. The summed E-state index contributed by atoms with van der Waals surface area (Å²) in [7, 11) is 0. The summed E-state index contributed by atoms with van der Waals surface area (Å²) in [4.78, 5) is 30.9. The summed E-state index contributed by atoms with van der Waals surface area (Å²) in [6.45, 7) is 5.74. The lowest BCUT2D eigenvalue weighted by molar-refractivity contribution is -0.384. The standard InChI is InChI=1S/C27H26N4O4/c1-17-10-12-30(13-11-17)23-8-6-19(15-24(23)31(33)34)26(32)28-21-7-9-25-22(16-21)29-27(35-25)20-5-3-4-18(2)14-20/h3-9,14-17H,10-13H2,1-2H3,(H,28,32). The Labute approximate surface area is 202 Å². The van der Waals surface area contributed by atoms with Gasteiger partial charge in [0.2, 0.25) is 5.89 Å². The summed E-state index contributed by atoms with van der Waals surface area (Å²) in [5, 5.41) is 14.6. The molecular weight excluding hydrogens is 444 g/mol. The number of anilines is 2. The van der Waals surface area contributed by atoms with E-state index in [1.165, 1.54) is 6.07 Å². The number of nitro benzene ring substituents is 1. The highest BCUT2D eigenvalue weighted by atomic mass is 16.6. The van der Waals surface area contributed by atoms with Gasteiger partial charge >= 0.3 is 0 Å². The number of fused-ring (bicyclic) bond motifs is 1. The van der Waals surface area contributed by atoms with Gasteiger partial charge in [-0.3, -0.25) is 14.9 Å². The summed E-state index contributed by atoms with van der Waals surface area (Å²) in [5.41, 5.74) is 4.47. The molecule has 0 spiro atoms. The monoisotopic (exact) mass is 470 g/mol. The number of nitrogens with one attached hydrogen (secondary N) is 1. The number of carbonyl (C=O) groups excluding carboxylic acids is 1. The molecule has 1 aliphatic heterocycles. The number of carbonyl (C=O) groups is 1. The van der Waals surface area contributed by atoms with Crippen LogP contribution in [0.4, 0.5) is 17.1 Å². The topological polar surface area (TPSA) is 102 Å². The van der Waals surface area contributed by atoms with Crippen LogP contribution in [0.15, 0.2) is 65.1 Å². The molecule has 178 valence electrons. The average molecular weight is 471 g/mol. The molecule has 1 N–H and O–H groups in total. The number of rotatable bonds is 5. The SMILES string of the molecule is Cc1cccc(-c2nc3cc(NC(=O)c4ccc(N5CCC(C)CC5)c([N+](=O)[O-])c4)ccc3o2)c1.